The van der Waals surface area contributed by atoms with E-state index in [0.717, 1.165) is 50.3 Å². The topological polar surface area (TPSA) is 21.3 Å². The van der Waals surface area contributed by atoms with Crippen LogP contribution in [0.25, 0.3) is 93.9 Å². The second kappa shape index (κ2) is 14.6. The Morgan fingerprint density at radius 3 is 1.67 bits per heavy atom. The molecule has 2 aliphatic carbocycles. The normalized spacial score (nSPS) is 14.0. The summed E-state index contributed by atoms with van der Waals surface area (Å²) in [7, 11) is 0. The Kier molecular flexibility index (Phi) is 8.38. The van der Waals surface area contributed by atoms with Gasteiger partial charge in [-0.25, -0.2) is 0 Å². The van der Waals surface area contributed by atoms with Gasteiger partial charge in [0.1, 0.15) is 11.2 Å². The summed E-state index contributed by atoms with van der Waals surface area (Å²) >= 11 is 0. The summed E-state index contributed by atoms with van der Waals surface area (Å²) in [5.41, 5.74) is 23.8. The van der Waals surface area contributed by atoms with Gasteiger partial charge in [-0.1, -0.05) is 161 Å². The van der Waals surface area contributed by atoms with Gasteiger partial charge in [-0.2, -0.15) is 0 Å². The van der Waals surface area contributed by atoms with Gasteiger partial charge < -0.3 is 13.9 Å². The van der Waals surface area contributed by atoms with Gasteiger partial charge in [-0.15, -0.1) is 0 Å². The van der Waals surface area contributed by atoms with Crippen molar-refractivity contribution in [1.29, 1.82) is 0 Å². The minimum absolute atomic E-state index is 0.0683. The third-order valence-corrected chi connectivity index (χ3v) is 15.6. The van der Waals surface area contributed by atoms with E-state index in [1.54, 1.807) is 0 Å². The number of nitrogens with zero attached hydrogens (tertiary/aromatic N) is 2. The van der Waals surface area contributed by atoms with Crippen molar-refractivity contribution >= 4 is 60.8 Å². The van der Waals surface area contributed by atoms with Crippen LogP contribution in [0, 0.1) is 0 Å². The summed E-state index contributed by atoms with van der Waals surface area (Å²) in [5.74, 6) is 0. The van der Waals surface area contributed by atoms with Gasteiger partial charge >= 0.3 is 0 Å². The molecule has 10 aromatic carbocycles. The molecule has 0 spiro atoms. The van der Waals surface area contributed by atoms with Crippen molar-refractivity contribution in [2.45, 2.75) is 38.5 Å². The Hall–Kier alpha value is -8.40. The van der Waals surface area contributed by atoms with Crippen LogP contribution < -0.4 is 4.90 Å². The van der Waals surface area contributed by atoms with Gasteiger partial charge in [-0.05, 0) is 152 Å². The zero-order valence-electron chi connectivity index (χ0n) is 39.1. The van der Waals surface area contributed by atoms with Crippen LogP contribution in [0.1, 0.15) is 49.9 Å². The van der Waals surface area contributed by atoms with Crippen molar-refractivity contribution in [3.63, 3.8) is 0 Å². The molecular weight excluding hydrogens is 837 g/mol. The van der Waals surface area contributed by atoms with E-state index in [2.05, 4.69) is 256 Å². The molecule has 0 unspecified atom stereocenters. The lowest BCUT2D eigenvalue weighted by molar-refractivity contribution is 0.660. The van der Waals surface area contributed by atoms with Crippen LogP contribution in [-0.2, 0) is 10.8 Å². The van der Waals surface area contributed by atoms with Crippen molar-refractivity contribution in [2.75, 3.05) is 4.90 Å². The molecule has 0 atom stereocenters. The monoisotopic (exact) mass is 884 g/mol. The predicted octanol–water partition coefficient (Wildman–Crippen LogP) is 18.1. The van der Waals surface area contributed by atoms with E-state index < -0.39 is 0 Å². The second-order valence-corrected chi connectivity index (χ2v) is 20.1. The van der Waals surface area contributed by atoms with Crippen molar-refractivity contribution in [1.82, 2.24) is 4.57 Å². The molecule has 0 saturated carbocycles. The van der Waals surface area contributed by atoms with Crippen molar-refractivity contribution in [2.24, 2.45) is 0 Å². The third kappa shape index (κ3) is 5.80. The van der Waals surface area contributed by atoms with Gasteiger partial charge in [0.05, 0.1) is 22.1 Å². The Labute approximate surface area is 402 Å². The molecule has 2 aromatic heterocycles. The Morgan fingerprint density at radius 1 is 0.362 bits per heavy atom. The maximum absolute atomic E-state index is 6.76. The van der Waals surface area contributed by atoms with E-state index in [9.17, 15) is 0 Å². The standard InChI is InChI=1S/C66H48N2O/c1-65(2)55-20-11-8-17-48(55)50-33-27-44(39-57(50)65)41-25-30-46(31-26-41)67(47-32-34-51-49-18-9-12-21-56(49)66(3,4)58(51)40-47)61-23-14-24-63-64(61)54-38-43(29-36-62(54)69-63)42-28-35-60-53(37-42)52-19-10-13-22-59(52)68(60)45-15-6-5-7-16-45/h5-40H,1-4H3. The lowest BCUT2D eigenvalue weighted by Crippen LogP contribution is -2.16. The largest absolute Gasteiger partial charge is 0.456 e. The van der Waals surface area contributed by atoms with Gasteiger partial charge in [0, 0.05) is 44.1 Å². The highest BCUT2D eigenvalue weighted by atomic mass is 16.3. The number of aromatic nitrogens is 1. The number of hydrogen-bond acceptors (Lipinski definition) is 2. The molecule has 3 nitrogen and oxygen atoms in total. The van der Waals surface area contributed by atoms with Gasteiger partial charge in [0.2, 0.25) is 0 Å². The molecule has 14 rings (SSSR count). The Bertz CT molecular complexity index is 4070. The van der Waals surface area contributed by atoms with E-state index in [1.807, 2.05) is 0 Å². The van der Waals surface area contributed by atoms with Crippen LogP contribution in [0.2, 0.25) is 0 Å². The molecule has 328 valence electrons. The summed E-state index contributed by atoms with van der Waals surface area (Å²) in [5, 5.41) is 4.64. The molecule has 0 amide bonds. The minimum Gasteiger partial charge on any atom is -0.456 e. The average Bonchev–Trinajstić information content (AvgIpc) is 4.07. The molecule has 2 heterocycles. The first-order valence-electron chi connectivity index (χ1n) is 24.2. The number of furan rings is 1. The summed E-state index contributed by atoms with van der Waals surface area (Å²) in [6, 6.07) is 80.5. The number of rotatable bonds is 6. The molecule has 0 aliphatic heterocycles. The van der Waals surface area contributed by atoms with E-state index in [0.29, 0.717) is 0 Å². The van der Waals surface area contributed by atoms with E-state index >= 15 is 0 Å². The summed E-state index contributed by atoms with van der Waals surface area (Å²) < 4.78 is 9.13. The predicted molar refractivity (Wildman–Crippen MR) is 289 cm³/mol. The Balaban J connectivity index is 0.926. The lowest BCUT2D eigenvalue weighted by atomic mass is 9.81. The zero-order valence-corrected chi connectivity index (χ0v) is 39.1. The molecule has 3 heteroatoms. The number of hydrogen-bond donors (Lipinski definition) is 0. The maximum Gasteiger partial charge on any atom is 0.137 e. The molecule has 69 heavy (non-hydrogen) atoms. The molecule has 2 aliphatic rings. The van der Waals surface area contributed by atoms with E-state index in [-0.39, 0.29) is 10.8 Å². The third-order valence-electron chi connectivity index (χ3n) is 15.6. The van der Waals surface area contributed by atoms with Gasteiger partial charge in [0.25, 0.3) is 0 Å². The fourth-order valence-electron chi connectivity index (χ4n) is 12.1. The van der Waals surface area contributed by atoms with Crippen LogP contribution in [-0.4, -0.2) is 4.57 Å². The van der Waals surface area contributed by atoms with E-state index in [1.165, 1.54) is 83.0 Å². The molecule has 0 bridgehead atoms. The zero-order chi connectivity index (χ0) is 46.2. The van der Waals surface area contributed by atoms with E-state index in [4.69, 9.17) is 4.42 Å². The Morgan fingerprint density at radius 2 is 0.913 bits per heavy atom. The SMILES string of the molecule is CC1(C)c2ccccc2-c2ccc(-c3ccc(N(c4ccc5c(c4)C(C)(C)c4ccccc4-5)c4cccc5oc6ccc(-c7ccc8c(c7)c7ccccc7n8-c7ccccc7)cc6c45)cc3)cc21. The van der Waals surface area contributed by atoms with Gasteiger partial charge in [0.15, 0.2) is 0 Å². The quantitative estimate of drug-likeness (QED) is 0.166. The van der Waals surface area contributed by atoms with Crippen molar-refractivity contribution < 1.29 is 4.42 Å². The summed E-state index contributed by atoms with van der Waals surface area (Å²) in [6.45, 7) is 9.43. The average molecular weight is 885 g/mol. The summed E-state index contributed by atoms with van der Waals surface area (Å²) in [4.78, 5) is 2.44. The lowest BCUT2D eigenvalue weighted by Gasteiger charge is -2.29. The first-order valence-corrected chi connectivity index (χ1v) is 24.2. The van der Waals surface area contributed by atoms with Crippen LogP contribution in [0.3, 0.4) is 0 Å². The van der Waals surface area contributed by atoms with Crippen LogP contribution in [0.4, 0.5) is 17.1 Å². The maximum atomic E-state index is 6.76. The molecule has 0 saturated heterocycles. The molecule has 0 N–H and O–H groups in total. The number of para-hydroxylation sites is 2. The number of benzene rings is 10. The minimum atomic E-state index is -0.157. The number of fused-ring (bicyclic) bond motifs is 12. The fraction of sp³-hybridized carbons (Fsp3) is 0.0909. The first-order chi connectivity index (χ1) is 33.7. The van der Waals surface area contributed by atoms with Crippen LogP contribution in [0.5, 0.6) is 0 Å². The summed E-state index contributed by atoms with van der Waals surface area (Å²) in [6.07, 6.45) is 0. The van der Waals surface area contributed by atoms with Crippen molar-refractivity contribution in [3.8, 4) is 50.2 Å². The fourth-order valence-corrected chi connectivity index (χ4v) is 12.1. The molecular formula is C66H48N2O. The molecule has 12 aromatic rings. The first kappa shape index (κ1) is 39.7. The highest BCUT2D eigenvalue weighted by Crippen LogP contribution is 2.53. The second-order valence-electron chi connectivity index (χ2n) is 20.1. The number of anilines is 3. The highest BCUT2D eigenvalue weighted by Gasteiger charge is 2.37. The van der Waals surface area contributed by atoms with Gasteiger partial charge in [-0.3, -0.25) is 0 Å². The molecule has 0 radical (unpaired) electrons. The van der Waals surface area contributed by atoms with Crippen molar-refractivity contribution in [3.05, 3.63) is 241 Å². The highest BCUT2D eigenvalue weighted by molar-refractivity contribution is 6.15. The smallest absolute Gasteiger partial charge is 0.137 e. The molecule has 0 fully saturated rings. The van der Waals surface area contributed by atoms with Crippen LogP contribution >= 0.6 is 0 Å². The van der Waals surface area contributed by atoms with Crippen LogP contribution in [0.15, 0.2) is 223 Å².